The maximum absolute atomic E-state index is 8.33. The molecule has 0 spiro atoms. The van der Waals surface area contributed by atoms with Crippen molar-refractivity contribution in [1.82, 2.24) is 0 Å². The SMILES string of the molecule is [CH2]CCCC(=NO)OCC. The van der Waals surface area contributed by atoms with Crippen LogP contribution in [0.5, 0.6) is 0 Å². The van der Waals surface area contributed by atoms with Crippen molar-refractivity contribution >= 4 is 5.90 Å². The van der Waals surface area contributed by atoms with E-state index >= 15 is 0 Å². The van der Waals surface area contributed by atoms with Crippen LogP contribution in [-0.2, 0) is 4.74 Å². The van der Waals surface area contributed by atoms with Crippen LogP contribution in [0, 0.1) is 6.92 Å². The zero-order valence-electron chi connectivity index (χ0n) is 6.34. The van der Waals surface area contributed by atoms with Gasteiger partial charge >= 0.3 is 0 Å². The Hall–Kier alpha value is -0.730. The van der Waals surface area contributed by atoms with Crippen LogP contribution in [0.1, 0.15) is 26.2 Å². The van der Waals surface area contributed by atoms with E-state index in [1.54, 1.807) is 0 Å². The zero-order chi connectivity index (χ0) is 7.82. The molecular formula is C7H14NO2. The van der Waals surface area contributed by atoms with Crippen molar-refractivity contribution in [2.75, 3.05) is 6.61 Å². The van der Waals surface area contributed by atoms with E-state index in [4.69, 9.17) is 9.94 Å². The summed E-state index contributed by atoms with van der Waals surface area (Å²) in [5.74, 6) is 0.408. The lowest BCUT2D eigenvalue weighted by molar-refractivity contribution is 0.257. The summed E-state index contributed by atoms with van der Waals surface area (Å²) in [6.07, 6.45) is 2.42. The van der Waals surface area contributed by atoms with Gasteiger partial charge in [-0.15, -0.1) is 0 Å². The maximum Gasteiger partial charge on any atom is 0.225 e. The first-order chi connectivity index (χ1) is 4.85. The van der Waals surface area contributed by atoms with Gasteiger partial charge in [-0.05, 0) is 13.3 Å². The Morgan fingerprint density at radius 3 is 2.80 bits per heavy atom. The summed E-state index contributed by atoms with van der Waals surface area (Å²) < 4.78 is 4.97. The molecule has 0 bridgehead atoms. The molecule has 0 atom stereocenters. The first kappa shape index (κ1) is 9.27. The minimum atomic E-state index is 0.408. The van der Waals surface area contributed by atoms with Crippen molar-refractivity contribution in [3.05, 3.63) is 6.92 Å². The highest BCUT2D eigenvalue weighted by Crippen LogP contribution is 1.97. The summed E-state index contributed by atoms with van der Waals surface area (Å²) in [4.78, 5) is 0. The van der Waals surface area contributed by atoms with Crippen molar-refractivity contribution in [3.8, 4) is 0 Å². The Bertz CT molecular complexity index is 102. The van der Waals surface area contributed by atoms with Gasteiger partial charge in [0.25, 0.3) is 0 Å². The number of hydrogen-bond acceptors (Lipinski definition) is 3. The van der Waals surface area contributed by atoms with Crippen LogP contribution >= 0.6 is 0 Å². The van der Waals surface area contributed by atoms with Gasteiger partial charge in [-0.3, -0.25) is 0 Å². The average Bonchev–Trinajstić information content (AvgIpc) is 1.98. The van der Waals surface area contributed by atoms with E-state index in [-0.39, 0.29) is 0 Å². The molecule has 0 fully saturated rings. The first-order valence-corrected chi connectivity index (χ1v) is 3.48. The van der Waals surface area contributed by atoms with E-state index in [1.807, 2.05) is 6.92 Å². The first-order valence-electron chi connectivity index (χ1n) is 3.48. The van der Waals surface area contributed by atoms with Crippen molar-refractivity contribution in [1.29, 1.82) is 0 Å². The second kappa shape index (κ2) is 6.39. The maximum atomic E-state index is 8.33. The highest BCUT2D eigenvalue weighted by atomic mass is 16.5. The Morgan fingerprint density at radius 1 is 1.70 bits per heavy atom. The molecular weight excluding hydrogens is 130 g/mol. The predicted molar refractivity (Wildman–Crippen MR) is 40.1 cm³/mol. The summed E-state index contributed by atoms with van der Waals surface area (Å²) in [5, 5.41) is 11.3. The van der Waals surface area contributed by atoms with Gasteiger partial charge in [-0.2, -0.15) is 0 Å². The van der Waals surface area contributed by atoms with Gasteiger partial charge in [0, 0.05) is 6.42 Å². The third-order valence-corrected chi connectivity index (χ3v) is 1.06. The number of nitrogens with zero attached hydrogens (tertiary/aromatic N) is 1. The Kier molecular flexibility index (Phi) is 5.92. The summed E-state index contributed by atoms with van der Waals surface area (Å²) in [5.41, 5.74) is 0. The van der Waals surface area contributed by atoms with Crippen LogP contribution < -0.4 is 0 Å². The Morgan fingerprint density at radius 2 is 2.40 bits per heavy atom. The fraction of sp³-hybridized carbons (Fsp3) is 0.714. The molecule has 0 saturated carbocycles. The van der Waals surface area contributed by atoms with Crippen LogP contribution in [0.25, 0.3) is 0 Å². The van der Waals surface area contributed by atoms with Gasteiger partial charge in [0.2, 0.25) is 5.90 Å². The molecule has 1 radical (unpaired) electrons. The topological polar surface area (TPSA) is 41.8 Å². The van der Waals surface area contributed by atoms with Crippen LogP contribution in [0.15, 0.2) is 5.16 Å². The predicted octanol–water partition coefficient (Wildman–Crippen LogP) is 1.81. The second-order valence-electron chi connectivity index (χ2n) is 1.88. The molecule has 0 amide bonds. The monoisotopic (exact) mass is 144 g/mol. The summed E-state index contributed by atoms with van der Waals surface area (Å²) in [7, 11) is 0. The van der Waals surface area contributed by atoms with E-state index in [9.17, 15) is 0 Å². The molecule has 0 aliphatic heterocycles. The van der Waals surface area contributed by atoms with Crippen LogP contribution in [0.3, 0.4) is 0 Å². The third kappa shape index (κ3) is 4.18. The molecule has 1 N–H and O–H groups in total. The Labute approximate surface area is 61.7 Å². The van der Waals surface area contributed by atoms with E-state index < -0.39 is 0 Å². The molecule has 0 aromatic carbocycles. The molecule has 0 saturated heterocycles. The third-order valence-electron chi connectivity index (χ3n) is 1.06. The van der Waals surface area contributed by atoms with Crippen LogP contribution in [0.2, 0.25) is 0 Å². The van der Waals surface area contributed by atoms with E-state index in [0.29, 0.717) is 18.9 Å². The highest BCUT2D eigenvalue weighted by Gasteiger charge is 1.97. The van der Waals surface area contributed by atoms with Crippen molar-refractivity contribution in [2.24, 2.45) is 5.16 Å². The minimum Gasteiger partial charge on any atom is -0.479 e. The normalized spacial score (nSPS) is 11.6. The van der Waals surface area contributed by atoms with Gasteiger partial charge < -0.3 is 9.94 Å². The number of unbranched alkanes of at least 4 members (excludes halogenated alkanes) is 1. The van der Waals surface area contributed by atoms with Crippen LogP contribution in [0.4, 0.5) is 0 Å². The van der Waals surface area contributed by atoms with Gasteiger partial charge in [0.05, 0.1) is 6.61 Å². The molecule has 0 aromatic heterocycles. The van der Waals surface area contributed by atoms with Crippen molar-refractivity contribution in [2.45, 2.75) is 26.2 Å². The fourth-order valence-corrected chi connectivity index (χ4v) is 0.594. The standard InChI is InChI=1S/C7H14NO2/c1-3-5-6-7(8-9)10-4-2/h9H,1,3-6H2,2H3. The molecule has 59 valence electrons. The number of ether oxygens (including phenoxy) is 1. The Balaban J connectivity index is 3.41. The van der Waals surface area contributed by atoms with E-state index in [2.05, 4.69) is 12.1 Å². The summed E-state index contributed by atoms with van der Waals surface area (Å²) in [6.45, 7) is 6.07. The lowest BCUT2D eigenvalue weighted by Gasteiger charge is -2.02. The largest absolute Gasteiger partial charge is 0.479 e. The fourth-order valence-electron chi connectivity index (χ4n) is 0.594. The van der Waals surface area contributed by atoms with Gasteiger partial charge in [-0.1, -0.05) is 18.5 Å². The minimum absolute atomic E-state index is 0.408. The van der Waals surface area contributed by atoms with Gasteiger partial charge in [0.15, 0.2) is 0 Å². The number of oxime groups is 1. The van der Waals surface area contributed by atoms with Crippen molar-refractivity contribution in [3.63, 3.8) is 0 Å². The van der Waals surface area contributed by atoms with Gasteiger partial charge in [-0.25, -0.2) is 0 Å². The summed E-state index contributed by atoms with van der Waals surface area (Å²) in [6, 6.07) is 0. The smallest absolute Gasteiger partial charge is 0.225 e. The van der Waals surface area contributed by atoms with E-state index in [1.165, 1.54) is 0 Å². The second-order valence-corrected chi connectivity index (χ2v) is 1.88. The summed E-state index contributed by atoms with van der Waals surface area (Å²) >= 11 is 0. The molecule has 0 rings (SSSR count). The molecule has 0 unspecified atom stereocenters. The number of rotatable bonds is 4. The average molecular weight is 144 g/mol. The van der Waals surface area contributed by atoms with Crippen LogP contribution in [-0.4, -0.2) is 17.7 Å². The number of hydrogen-bond donors (Lipinski definition) is 1. The van der Waals surface area contributed by atoms with Crippen molar-refractivity contribution < 1.29 is 9.94 Å². The molecule has 0 heterocycles. The molecule has 0 aliphatic rings. The lowest BCUT2D eigenvalue weighted by atomic mass is 10.2. The molecule has 3 heteroatoms. The molecule has 3 nitrogen and oxygen atoms in total. The molecule has 0 aliphatic carbocycles. The molecule has 0 aromatic rings. The van der Waals surface area contributed by atoms with Gasteiger partial charge in [0.1, 0.15) is 0 Å². The molecule has 10 heavy (non-hydrogen) atoms. The zero-order valence-corrected chi connectivity index (χ0v) is 6.34. The quantitative estimate of drug-likeness (QED) is 0.283. The highest BCUT2D eigenvalue weighted by molar-refractivity contribution is 5.75. The van der Waals surface area contributed by atoms with E-state index in [0.717, 1.165) is 12.8 Å². The lowest BCUT2D eigenvalue weighted by Crippen LogP contribution is -2.03.